The predicted octanol–water partition coefficient (Wildman–Crippen LogP) is 3.26. The first-order chi connectivity index (χ1) is 10.3. The summed E-state index contributed by atoms with van der Waals surface area (Å²) < 4.78 is 18.2. The first-order valence-corrected chi connectivity index (χ1v) is 7.01. The van der Waals surface area contributed by atoms with Crippen LogP contribution in [0.15, 0.2) is 52.1 Å². The molecule has 2 aromatic rings. The summed E-state index contributed by atoms with van der Waals surface area (Å²) >= 11 is 0. The van der Waals surface area contributed by atoms with Crippen molar-refractivity contribution in [1.29, 1.82) is 0 Å². The van der Waals surface area contributed by atoms with Gasteiger partial charge in [0.15, 0.2) is 5.96 Å². The van der Waals surface area contributed by atoms with Crippen LogP contribution in [-0.4, -0.2) is 19.0 Å². The van der Waals surface area contributed by atoms with Gasteiger partial charge in [-0.3, -0.25) is 4.99 Å². The van der Waals surface area contributed by atoms with Gasteiger partial charge in [0, 0.05) is 19.0 Å². The highest BCUT2D eigenvalue weighted by atomic mass is 127. The van der Waals surface area contributed by atoms with Crippen LogP contribution in [0.1, 0.15) is 23.7 Å². The molecule has 1 saturated carbocycles. The Morgan fingerprint density at radius 2 is 2.09 bits per heavy atom. The third-order valence-electron chi connectivity index (χ3n) is 3.64. The second-order valence-electron chi connectivity index (χ2n) is 5.15. The van der Waals surface area contributed by atoms with Crippen molar-refractivity contribution in [3.05, 3.63) is 59.8 Å². The highest BCUT2D eigenvalue weighted by molar-refractivity contribution is 14.0. The number of guanidine groups is 1. The quantitative estimate of drug-likeness (QED) is 0.458. The summed E-state index contributed by atoms with van der Waals surface area (Å²) in [6, 6.07) is 10.8. The van der Waals surface area contributed by atoms with E-state index in [0.717, 1.165) is 23.7 Å². The fourth-order valence-electron chi connectivity index (χ4n) is 2.39. The largest absolute Gasteiger partial charge is 0.467 e. The molecule has 0 unspecified atom stereocenters. The summed E-state index contributed by atoms with van der Waals surface area (Å²) in [6.45, 7) is 0.598. The molecular formula is C16H19FIN3O. The van der Waals surface area contributed by atoms with Crippen LogP contribution >= 0.6 is 24.0 Å². The highest BCUT2D eigenvalue weighted by Crippen LogP contribution is 2.40. The van der Waals surface area contributed by atoms with Crippen molar-refractivity contribution < 1.29 is 8.81 Å². The summed E-state index contributed by atoms with van der Waals surface area (Å²) in [5.74, 6) is 1.84. The molecule has 1 aliphatic rings. The van der Waals surface area contributed by atoms with Gasteiger partial charge in [-0.15, -0.1) is 24.0 Å². The van der Waals surface area contributed by atoms with Crippen molar-refractivity contribution >= 4 is 29.9 Å². The minimum atomic E-state index is -0.195. The molecule has 1 fully saturated rings. The van der Waals surface area contributed by atoms with Crippen LogP contribution in [0.4, 0.5) is 4.39 Å². The Labute approximate surface area is 146 Å². The van der Waals surface area contributed by atoms with E-state index in [4.69, 9.17) is 4.42 Å². The molecule has 2 N–H and O–H groups in total. The lowest BCUT2D eigenvalue weighted by Gasteiger charge is -2.10. The van der Waals surface area contributed by atoms with E-state index >= 15 is 0 Å². The van der Waals surface area contributed by atoms with Gasteiger partial charge in [-0.2, -0.15) is 0 Å². The maximum Gasteiger partial charge on any atom is 0.191 e. The zero-order chi connectivity index (χ0) is 14.7. The molecular weight excluding hydrogens is 396 g/mol. The number of rotatable bonds is 4. The molecule has 0 spiro atoms. The summed E-state index contributed by atoms with van der Waals surface area (Å²) in [4.78, 5) is 4.20. The fraction of sp³-hybridized carbons (Fsp3) is 0.312. The number of halogens is 2. The number of aliphatic imine (C=N–C) groups is 1. The second-order valence-corrected chi connectivity index (χ2v) is 5.15. The van der Waals surface area contributed by atoms with Gasteiger partial charge in [-0.25, -0.2) is 4.39 Å². The van der Waals surface area contributed by atoms with Crippen LogP contribution < -0.4 is 10.6 Å². The van der Waals surface area contributed by atoms with Crippen LogP contribution in [-0.2, 0) is 6.54 Å². The van der Waals surface area contributed by atoms with Gasteiger partial charge in [-0.1, -0.05) is 12.1 Å². The van der Waals surface area contributed by atoms with E-state index in [1.807, 2.05) is 24.3 Å². The van der Waals surface area contributed by atoms with Crippen LogP contribution in [0.3, 0.4) is 0 Å². The molecule has 1 aliphatic carbocycles. The van der Waals surface area contributed by atoms with Crippen LogP contribution in [0.25, 0.3) is 0 Å². The molecule has 22 heavy (non-hydrogen) atoms. The first kappa shape index (κ1) is 16.8. The minimum Gasteiger partial charge on any atom is -0.467 e. The molecule has 6 heteroatoms. The molecule has 3 rings (SSSR count). The van der Waals surface area contributed by atoms with Gasteiger partial charge in [-0.05, 0) is 36.2 Å². The molecule has 0 aliphatic heterocycles. The highest BCUT2D eigenvalue weighted by Gasteiger charge is 2.38. The smallest absolute Gasteiger partial charge is 0.191 e. The number of hydrogen-bond donors (Lipinski definition) is 2. The number of nitrogens with zero attached hydrogens (tertiary/aromatic N) is 1. The maximum absolute atomic E-state index is 12.9. The SMILES string of the molecule is CN=C(NCc1ccco1)N[C@@H]1C[C@H]1c1ccc(F)cc1.I. The Kier molecular flexibility index (Phi) is 5.82. The predicted molar refractivity (Wildman–Crippen MR) is 95.0 cm³/mol. The second kappa shape index (κ2) is 7.62. The van der Waals surface area contributed by atoms with Gasteiger partial charge in [0.25, 0.3) is 0 Å². The molecule has 4 nitrogen and oxygen atoms in total. The van der Waals surface area contributed by atoms with E-state index in [-0.39, 0.29) is 29.8 Å². The molecule has 0 saturated heterocycles. The fourth-order valence-corrected chi connectivity index (χ4v) is 2.39. The van der Waals surface area contributed by atoms with Gasteiger partial charge >= 0.3 is 0 Å². The average molecular weight is 415 g/mol. The Morgan fingerprint density at radius 3 is 2.73 bits per heavy atom. The van der Waals surface area contributed by atoms with Gasteiger partial charge < -0.3 is 15.1 Å². The molecule has 1 heterocycles. The van der Waals surface area contributed by atoms with Gasteiger partial charge in [0.1, 0.15) is 11.6 Å². The summed E-state index contributed by atoms with van der Waals surface area (Å²) in [7, 11) is 1.74. The maximum atomic E-state index is 12.9. The lowest BCUT2D eigenvalue weighted by atomic mass is 10.1. The van der Waals surface area contributed by atoms with Crippen molar-refractivity contribution in [2.24, 2.45) is 4.99 Å². The minimum absolute atomic E-state index is 0. The van der Waals surface area contributed by atoms with Crippen molar-refractivity contribution in [2.45, 2.75) is 24.9 Å². The molecule has 0 radical (unpaired) electrons. The van der Waals surface area contributed by atoms with E-state index < -0.39 is 0 Å². The molecule has 0 amide bonds. The molecule has 0 bridgehead atoms. The van der Waals surface area contributed by atoms with Gasteiger partial charge in [0.05, 0.1) is 12.8 Å². The van der Waals surface area contributed by atoms with E-state index in [1.54, 1.807) is 13.3 Å². The Morgan fingerprint density at radius 1 is 1.32 bits per heavy atom. The van der Waals surface area contributed by atoms with E-state index in [1.165, 1.54) is 12.1 Å². The third-order valence-corrected chi connectivity index (χ3v) is 3.64. The Bertz CT molecular complexity index is 613. The van der Waals surface area contributed by atoms with Crippen molar-refractivity contribution in [1.82, 2.24) is 10.6 Å². The number of nitrogens with one attached hydrogen (secondary N) is 2. The number of furan rings is 1. The van der Waals surface area contributed by atoms with Crippen LogP contribution in [0.2, 0.25) is 0 Å². The third kappa shape index (κ3) is 4.22. The molecule has 1 aromatic heterocycles. The standard InChI is InChI=1S/C16H18FN3O.HI/c1-18-16(19-10-13-3-2-8-21-13)20-15-9-14(15)11-4-6-12(17)7-5-11;/h2-8,14-15H,9-10H2,1H3,(H2,18,19,20);1H/t14-,15+;/m0./s1. The zero-order valence-electron chi connectivity index (χ0n) is 12.3. The number of benzene rings is 1. The van der Waals surface area contributed by atoms with Crippen molar-refractivity contribution in [2.75, 3.05) is 7.05 Å². The first-order valence-electron chi connectivity index (χ1n) is 7.01. The van der Waals surface area contributed by atoms with Crippen molar-refractivity contribution in [3.8, 4) is 0 Å². The van der Waals surface area contributed by atoms with Crippen LogP contribution in [0, 0.1) is 5.82 Å². The molecule has 1 aromatic carbocycles. The van der Waals surface area contributed by atoms with Gasteiger partial charge in [0.2, 0.25) is 0 Å². The molecule has 2 atom stereocenters. The average Bonchev–Trinajstić information content (AvgIpc) is 3.06. The summed E-state index contributed by atoms with van der Waals surface area (Å²) in [5, 5.41) is 6.58. The lowest BCUT2D eigenvalue weighted by Crippen LogP contribution is -2.38. The Balaban J connectivity index is 0.00000176. The monoisotopic (exact) mass is 415 g/mol. The normalized spacial score (nSPS) is 20.2. The Hall–Kier alpha value is -1.57. The van der Waals surface area contributed by atoms with E-state index in [9.17, 15) is 4.39 Å². The van der Waals surface area contributed by atoms with E-state index in [0.29, 0.717) is 18.5 Å². The van der Waals surface area contributed by atoms with E-state index in [2.05, 4.69) is 15.6 Å². The topological polar surface area (TPSA) is 49.6 Å². The lowest BCUT2D eigenvalue weighted by molar-refractivity contribution is 0.501. The zero-order valence-corrected chi connectivity index (χ0v) is 14.6. The summed E-state index contributed by atoms with van der Waals surface area (Å²) in [5.41, 5.74) is 1.16. The summed E-state index contributed by atoms with van der Waals surface area (Å²) in [6.07, 6.45) is 2.69. The number of hydrogen-bond acceptors (Lipinski definition) is 2. The molecule has 118 valence electrons. The van der Waals surface area contributed by atoms with Crippen molar-refractivity contribution in [3.63, 3.8) is 0 Å². The van der Waals surface area contributed by atoms with Crippen LogP contribution in [0.5, 0.6) is 0 Å².